The van der Waals surface area contributed by atoms with E-state index in [1.54, 1.807) is 29.2 Å². The molecule has 14 heavy (non-hydrogen) atoms. The van der Waals surface area contributed by atoms with Gasteiger partial charge in [0.1, 0.15) is 5.82 Å². The highest BCUT2D eigenvalue weighted by Gasteiger charge is 2.13. The number of hydrogen-bond acceptors (Lipinski definition) is 2. The van der Waals surface area contributed by atoms with Crippen LogP contribution in [0.2, 0.25) is 0 Å². The molecule has 0 atom stereocenters. The maximum Gasteiger partial charge on any atom is 0.132 e. The molecule has 0 radical (unpaired) electrons. The Kier molecular flexibility index (Phi) is 3.14. The van der Waals surface area contributed by atoms with Crippen molar-refractivity contribution in [3.8, 4) is 0 Å². The molecule has 2 aromatic rings. The van der Waals surface area contributed by atoms with Crippen LogP contribution in [0.1, 0.15) is 5.56 Å². The zero-order valence-electron chi connectivity index (χ0n) is 7.51. The van der Waals surface area contributed by atoms with Gasteiger partial charge in [0.25, 0.3) is 0 Å². The van der Waals surface area contributed by atoms with Crippen LogP contribution in [0.15, 0.2) is 22.4 Å². The summed E-state index contributed by atoms with van der Waals surface area (Å²) in [6.07, 6.45) is 2.02. The topological polar surface area (TPSA) is 0 Å². The van der Waals surface area contributed by atoms with Gasteiger partial charge in [-0.15, -0.1) is 23.1 Å². The Morgan fingerprint density at radius 1 is 1.50 bits per heavy atom. The first-order valence-corrected chi connectivity index (χ1v) is 7.24. The number of alkyl halides is 1. The van der Waals surface area contributed by atoms with Gasteiger partial charge < -0.3 is 0 Å². The lowest BCUT2D eigenvalue weighted by molar-refractivity contribution is 0.639. The maximum absolute atomic E-state index is 13.6. The van der Waals surface area contributed by atoms with Crippen LogP contribution in [-0.2, 0) is 5.33 Å². The second kappa shape index (κ2) is 4.21. The molecule has 1 aromatic heterocycles. The zero-order valence-corrected chi connectivity index (χ0v) is 10.7. The summed E-state index contributed by atoms with van der Waals surface area (Å²) < 4.78 is 15.8. The maximum atomic E-state index is 13.6. The van der Waals surface area contributed by atoms with Crippen LogP contribution in [-0.4, -0.2) is 6.26 Å². The van der Waals surface area contributed by atoms with Crippen molar-refractivity contribution in [2.75, 3.05) is 6.26 Å². The predicted octanol–water partition coefficient (Wildman–Crippen LogP) is 4.66. The fraction of sp³-hybridized carbons (Fsp3) is 0.200. The molecule has 0 nitrogen and oxygen atoms in total. The Morgan fingerprint density at radius 2 is 2.29 bits per heavy atom. The van der Waals surface area contributed by atoms with Gasteiger partial charge in [-0.2, -0.15) is 0 Å². The Bertz CT molecular complexity index is 464. The first-order valence-electron chi connectivity index (χ1n) is 4.07. The second-order valence-electron chi connectivity index (χ2n) is 2.82. The average Bonchev–Trinajstić information content (AvgIpc) is 2.56. The van der Waals surface area contributed by atoms with Gasteiger partial charge in [-0.05, 0) is 24.0 Å². The molecule has 2 rings (SSSR count). The highest BCUT2D eigenvalue weighted by molar-refractivity contribution is 9.08. The molecule has 0 unspecified atom stereocenters. The summed E-state index contributed by atoms with van der Waals surface area (Å²) >= 11 is 6.74. The van der Waals surface area contributed by atoms with Gasteiger partial charge in [0.05, 0.1) is 4.21 Å². The molecular formula is C10H8BrFS2. The summed E-state index contributed by atoms with van der Waals surface area (Å²) in [4.78, 5) is 0. The Morgan fingerprint density at radius 3 is 2.93 bits per heavy atom. The van der Waals surface area contributed by atoms with Crippen molar-refractivity contribution < 1.29 is 4.39 Å². The van der Waals surface area contributed by atoms with Gasteiger partial charge in [0, 0.05) is 15.4 Å². The molecule has 0 spiro atoms. The van der Waals surface area contributed by atoms with Crippen LogP contribution in [0, 0.1) is 5.82 Å². The van der Waals surface area contributed by atoms with Gasteiger partial charge in [-0.1, -0.05) is 22.0 Å². The highest BCUT2D eigenvalue weighted by Crippen LogP contribution is 2.39. The van der Waals surface area contributed by atoms with E-state index in [4.69, 9.17) is 0 Å². The fourth-order valence-corrected chi connectivity index (χ4v) is 4.35. The number of benzene rings is 1. The lowest BCUT2D eigenvalue weighted by Gasteiger charge is -1.97. The molecule has 0 amide bonds. The third-order valence-corrected chi connectivity index (χ3v) is 4.97. The summed E-state index contributed by atoms with van der Waals surface area (Å²) in [6, 6.07) is 5.25. The quantitative estimate of drug-likeness (QED) is 0.573. The van der Waals surface area contributed by atoms with Gasteiger partial charge in [0.15, 0.2) is 0 Å². The van der Waals surface area contributed by atoms with Crippen molar-refractivity contribution >= 4 is 49.1 Å². The number of fused-ring (bicyclic) bond motifs is 1. The molecule has 1 heterocycles. The zero-order chi connectivity index (χ0) is 10.1. The summed E-state index contributed by atoms with van der Waals surface area (Å²) in [6.45, 7) is 0. The van der Waals surface area contributed by atoms with E-state index in [9.17, 15) is 4.39 Å². The number of halogens is 2. The third kappa shape index (κ3) is 1.59. The van der Waals surface area contributed by atoms with Crippen LogP contribution in [0.3, 0.4) is 0 Å². The lowest BCUT2D eigenvalue weighted by atomic mass is 10.2. The summed E-state index contributed by atoms with van der Waals surface area (Å²) in [5, 5.41) is 1.49. The highest BCUT2D eigenvalue weighted by atomic mass is 79.9. The van der Waals surface area contributed by atoms with Crippen molar-refractivity contribution in [2.24, 2.45) is 0 Å². The van der Waals surface area contributed by atoms with Crippen LogP contribution in [0.4, 0.5) is 4.39 Å². The van der Waals surface area contributed by atoms with Crippen LogP contribution in [0.5, 0.6) is 0 Å². The van der Waals surface area contributed by atoms with Gasteiger partial charge in [-0.3, -0.25) is 0 Å². The van der Waals surface area contributed by atoms with Crippen LogP contribution >= 0.6 is 39.0 Å². The molecule has 74 valence electrons. The average molecular weight is 291 g/mol. The first kappa shape index (κ1) is 10.5. The second-order valence-corrected chi connectivity index (χ2v) is 5.51. The summed E-state index contributed by atoms with van der Waals surface area (Å²) in [7, 11) is 0. The number of thioether (sulfide) groups is 1. The van der Waals surface area contributed by atoms with Gasteiger partial charge in [-0.25, -0.2) is 4.39 Å². The molecule has 0 aliphatic carbocycles. The number of thiophene rings is 1. The van der Waals surface area contributed by atoms with Crippen molar-refractivity contribution in [1.82, 2.24) is 0 Å². The number of rotatable bonds is 2. The molecule has 4 heteroatoms. The van der Waals surface area contributed by atoms with E-state index in [1.807, 2.05) is 12.3 Å². The summed E-state index contributed by atoms with van der Waals surface area (Å²) in [5.41, 5.74) is 1.08. The van der Waals surface area contributed by atoms with E-state index in [0.29, 0.717) is 5.33 Å². The van der Waals surface area contributed by atoms with Crippen molar-refractivity contribution in [2.45, 2.75) is 9.54 Å². The molecule has 1 aromatic carbocycles. The van der Waals surface area contributed by atoms with E-state index >= 15 is 0 Å². The van der Waals surface area contributed by atoms with Crippen molar-refractivity contribution in [3.05, 3.63) is 29.6 Å². The van der Waals surface area contributed by atoms with E-state index in [-0.39, 0.29) is 5.82 Å². The molecule has 0 N–H and O–H groups in total. The standard InChI is InChI=1S/C10H8BrFS2/c1-13-10-6(5-11)9-7(12)3-2-4-8(9)14-10/h2-4H,5H2,1H3. The molecule has 0 aliphatic heterocycles. The molecule has 0 aliphatic rings. The fourth-order valence-electron chi connectivity index (χ4n) is 1.43. The number of hydrogen-bond donors (Lipinski definition) is 0. The minimum Gasteiger partial charge on any atom is -0.206 e. The molecule has 0 saturated carbocycles. The Balaban J connectivity index is 2.81. The van der Waals surface area contributed by atoms with Crippen molar-refractivity contribution in [3.63, 3.8) is 0 Å². The van der Waals surface area contributed by atoms with E-state index in [1.165, 1.54) is 10.3 Å². The molecule has 0 fully saturated rings. The molecule has 0 bridgehead atoms. The SMILES string of the molecule is CSc1sc2cccc(F)c2c1CBr. The molecular weight excluding hydrogens is 283 g/mol. The van der Waals surface area contributed by atoms with Crippen LogP contribution < -0.4 is 0 Å². The monoisotopic (exact) mass is 290 g/mol. The molecule has 0 saturated heterocycles. The summed E-state index contributed by atoms with van der Waals surface area (Å²) in [5.74, 6) is -0.117. The van der Waals surface area contributed by atoms with E-state index in [2.05, 4.69) is 15.9 Å². The predicted molar refractivity (Wildman–Crippen MR) is 66.2 cm³/mol. The van der Waals surface area contributed by atoms with Crippen molar-refractivity contribution in [1.29, 1.82) is 0 Å². The van der Waals surface area contributed by atoms with E-state index in [0.717, 1.165) is 15.6 Å². The minimum absolute atomic E-state index is 0.117. The third-order valence-electron chi connectivity index (χ3n) is 2.05. The normalized spacial score (nSPS) is 11.1. The van der Waals surface area contributed by atoms with Gasteiger partial charge in [0.2, 0.25) is 0 Å². The first-order chi connectivity index (χ1) is 6.77. The smallest absolute Gasteiger partial charge is 0.132 e. The van der Waals surface area contributed by atoms with Gasteiger partial charge >= 0.3 is 0 Å². The minimum atomic E-state index is -0.117. The lowest BCUT2D eigenvalue weighted by Crippen LogP contribution is -1.80. The largest absolute Gasteiger partial charge is 0.206 e. The van der Waals surface area contributed by atoms with Crippen LogP contribution in [0.25, 0.3) is 10.1 Å². The van der Waals surface area contributed by atoms with E-state index < -0.39 is 0 Å². The Labute approximate surface area is 98.6 Å². The Hall–Kier alpha value is -0.0600.